The van der Waals surface area contributed by atoms with Crippen molar-refractivity contribution in [3.8, 4) is 0 Å². The topological polar surface area (TPSA) is 87.7 Å². The average molecular weight is 424 g/mol. The van der Waals surface area contributed by atoms with Gasteiger partial charge in [-0.15, -0.1) is 0 Å². The third-order valence-electron chi connectivity index (χ3n) is 5.29. The number of rotatable bonds is 7. The fourth-order valence-electron chi connectivity index (χ4n) is 3.66. The third kappa shape index (κ3) is 6.31. The van der Waals surface area contributed by atoms with Crippen LogP contribution in [0.5, 0.6) is 0 Å². The van der Waals surface area contributed by atoms with E-state index in [1.807, 2.05) is 30.3 Å². The van der Waals surface area contributed by atoms with Gasteiger partial charge in [0.1, 0.15) is 0 Å². The van der Waals surface area contributed by atoms with Crippen molar-refractivity contribution in [3.63, 3.8) is 0 Å². The van der Waals surface area contributed by atoms with E-state index in [0.29, 0.717) is 43.9 Å². The molecule has 1 heterocycles. The van der Waals surface area contributed by atoms with Crippen molar-refractivity contribution in [1.82, 2.24) is 10.2 Å². The number of carbonyl (C=O) groups excluding carboxylic acids is 3. The quantitative estimate of drug-likeness (QED) is 0.714. The Morgan fingerprint density at radius 2 is 1.81 bits per heavy atom. The lowest BCUT2D eigenvalue weighted by molar-refractivity contribution is -0.121. The lowest BCUT2D eigenvalue weighted by atomic mass is 9.97. The number of hydrogen-bond acceptors (Lipinski definition) is 4. The van der Waals surface area contributed by atoms with E-state index >= 15 is 0 Å². The van der Waals surface area contributed by atoms with E-state index in [0.717, 1.165) is 18.4 Å². The molecule has 0 unspecified atom stereocenters. The Labute approximate surface area is 182 Å². The summed E-state index contributed by atoms with van der Waals surface area (Å²) in [6.45, 7) is 3.47. The molecule has 3 rings (SSSR count). The number of anilines is 1. The zero-order valence-corrected chi connectivity index (χ0v) is 17.8. The summed E-state index contributed by atoms with van der Waals surface area (Å²) in [5, 5.41) is 5.80. The number of carbonyl (C=O) groups is 3. The fourth-order valence-corrected chi connectivity index (χ4v) is 3.66. The van der Waals surface area contributed by atoms with Crippen LogP contribution in [-0.4, -0.2) is 49.0 Å². The molecule has 0 spiro atoms. The van der Waals surface area contributed by atoms with Gasteiger partial charge in [-0.25, -0.2) is 4.79 Å². The Balaban J connectivity index is 1.58. The molecule has 3 amide bonds. The first-order valence-electron chi connectivity index (χ1n) is 10.7. The Bertz CT molecular complexity index is 901. The summed E-state index contributed by atoms with van der Waals surface area (Å²) in [6, 6.07) is 16.9. The largest absolute Gasteiger partial charge is 0.450 e. The maximum Gasteiger partial charge on any atom is 0.409 e. The summed E-state index contributed by atoms with van der Waals surface area (Å²) in [7, 11) is 0. The number of nitrogens with zero attached hydrogens (tertiary/aromatic N) is 1. The molecule has 31 heavy (non-hydrogen) atoms. The molecule has 0 aromatic heterocycles. The summed E-state index contributed by atoms with van der Waals surface area (Å²) in [6.07, 6.45) is 1.76. The van der Waals surface area contributed by atoms with Crippen molar-refractivity contribution < 1.29 is 19.1 Å². The van der Waals surface area contributed by atoms with Gasteiger partial charge in [0.05, 0.1) is 23.8 Å². The van der Waals surface area contributed by atoms with Crippen LogP contribution in [0.15, 0.2) is 54.6 Å². The number of benzene rings is 2. The second kappa shape index (κ2) is 11.2. The minimum atomic E-state index is -0.391. The SMILES string of the molecule is CCOC(=O)N1CCC[C@@H](C(=O)Nc2ccccc2C(=O)NCCc2ccccc2)C1. The second-order valence-corrected chi connectivity index (χ2v) is 7.51. The normalized spacial score (nSPS) is 15.8. The molecule has 1 aliphatic rings. The summed E-state index contributed by atoms with van der Waals surface area (Å²) in [5.41, 5.74) is 2.03. The number of hydrogen-bond donors (Lipinski definition) is 2. The van der Waals surface area contributed by atoms with Crippen molar-refractivity contribution >= 4 is 23.6 Å². The van der Waals surface area contributed by atoms with Crippen molar-refractivity contribution in [3.05, 3.63) is 65.7 Å². The van der Waals surface area contributed by atoms with Crippen molar-refractivity contribution in [2.45, 2.75) is 26.2 Å². The van der Waals surface area contributed by atoms with E-state index in [4.69, 9.17) is 4.74 Å². The van der Waals surface area contributed by atoms with E-state index in [2.05, 4.69) is 10.6 Å². The van der Waals surface area contributed by atoms with Gasteiger partial charge in [0.2, 0.25) is 5.91 Å². The maximum atomic E-state index is 12.8. The van der Waals surface area contributed by atoms with Crippen LogP contribution in [0.2, 0.25) is 0 Å². The molecule has 0 bridgehead atoms. The van der Waals surface area contributed by atoms with E-state index in [1.165, 1.54) is 0 Å². The lowest BCUT2D eigenvalue weighted by Crippen LogP contribution is -2.44. The van der Waals surface area contributed by atoms with Gasteiger partial charge in [0.25, 0.3) is 5.91 Å². The van der Waals surface area contributed by atoms with Crippen molar-refractivity contribution in [2.24, 2.45) is 5.92 Å². The van der Waals surface area contributed by atoms with Crippen LogP contribution >= 0.6 is 0 Å². The predicted molar refractivity (Wildman–Crippen MR) is 119 cm³/mol. The fraction of sp³-hybridized carbons (Fsp3) is 0.375. The summed E-state index contributed by atoms with van der Waals surface area (Å²) in [4.78, 5) is 39.1. The highest BCUT2D eigenvalue weighted by molar-refractivity contribution is 6.04. The van der Waals surface area contributed by atoms with Gasteiger partial charge in [-0.1, -0.05) is 42.5 Å². The van der Waals surface area contributed by atoms with Crippen LogP contribution in [0.3, 0.4) is 0 Å². The molecule has 1 atom stereocenters. The molecule has 7 nitrogen and oxygen atoms in total. The zero-order chi connectivity index (χ0) is 22.1. The van der Waals surface area contributed by atoms with E-state index in [1.54, 1.807) is 36.1 Å². The Morgan fingerprint density at radius 3 is 2.58 bits per heavy atom. The van der Waals surface area contributed by atoms with Gasteiger partial charge in [-0.05, 0) is 43.9 Å². The molecular weight excluding hydrogens is 394 g/mol. The minimum absolute atomic E-state index is 0.196. The molecule has 0 saturated carbocycles. The Morgan fingerprint density at radius 1 is 1.06 bits per heavy atom. The van der Waals surface area contributed by atoms with Crippen LogP contribution in [0.25, 0.3) is 0 Å². The molecule has 1 saturated heterocycles. The summed E-state index contributed by atoms with van der Waals surface area (Å²) < 4.78 is 5.05. The molecule has 1 aliphatic heterocycles. The number of piperidine rings is 1. The number of likely N-dealkylation sites (tertiary alicyclic amines) is 1. The monoisotopic (exact) mass is 423 g/mol. The highest BCUT2D eigenvalue weighted by atomic mass is 16.6. The van der Waals surface area contributed by atoms with Crippen LogP contribution in [-0.2, 0) is 16.0 Å². The van der Waals surface area contributed by atoms with Gasteiger partial charge in [-0.2, -0.15) is 0 Å². The first-order valence-corrected chi connectivity index (χ1v) is 10.7. The van der Waals surface area contributed by atoms with E-state index in [9.17, 15) is 14.4 Å². The zero-order valence-electron chi connectivity index (χ0n) is 17.8. The Kier molecular flexibility index (Phi) is 8.04. The van der Waals surface area contributed by atoms with Crippen LogP contribution in [0.4, 0.5) is 10.5 Å². The summed E-state index contributed by atoms with van der Waals surface area (Å²) >= 11 is 0. The van der Waals surface area contributed by atoms with E-state index < -0.39 is 6.09 Å². The molecule has 2 aromatic rings. The van der Waals surface area contributed by atoms with Gasteiger partial charge < -0.3 is 20.3 Å². The molecule has 0 radical (unpaired) electrons. The lowest BCUT2D eigenvalue weighted by Gasteiger charge is -2.31. The molecular formula is C24H29N3O4. The number of amides is 3. The van der Waals surface area contributed by atoms with Gasteiger partial charge in [0, 0.05) is 19.6 Å². The van der Waals surface area contributed by atoms with E-state index in [-0.39, 0.29) is 17.7 Å². The molecule has 164 valence electrons. The molecule has 2 N–H and O–H groups in total. The standard InChI is InChI=1S/C24H29N3O4/c1-2-31-24(30)27-16-8-11-19(17-27)22(28)26-21-13-7-6-12-20(21)23(29)25-15-14-18-9-4-3-5-10-18/h3-7,9-10,12-13,19H,2,8,11,14-17H2,1H3,(H,25,29)(H,26,28)/t19-/m1/s1. The van der Waals surface area contributed by atoms with Gasteiger partial charge in [-0.3, -0.25) is 9.59 Å². The Hall–Kier alpha value is -3.35. The minimum Gasteiger partial charge on any atom is -0.450 e. The number of nitrogens with one attached hydrogen (secondary N) is 2. The van der Waals surface area contributed by atoms with Crippen molar-refractivity contribution in [1.29, 1.82) is 0 Å². The van der Waals surface area contributed by atoms with Crippen LogP contribution in [0, 0.1) is 5.92 Å². The van der Waals surface area contributed by atoms with Crippen LogP contribution in [0.1, 0.15) is 35.7 Å². The molecule has 2 aromatic carbocycles. The smallest absolute Gasteiger partial charge is 0.409 e. The second-order valence-electron chi connectivity index (χ2n) is 7.51. The number of ether oxygens (including phenoxy) is 1. The third-order valence-corrected chi connectivity index (χ3v) is 5.29. The molecule has 1 fully saturated rings. The van der Waals surface area contributed by atoms with Gasteiger partial charge in [0.15, 0.2) is 0 Å². The first kappa shape index (κ1) is 22.3. The highest BCUT2D eigenvalue weighted by Crippen LogP contribution is 2.21. The first-order chi connectivity index (χ1) is 15.1. The molecule has 0 aliphatic carbocycles. The average Bonchev–Trinajstić information content (AvgIpc) is 2.80. The summed E-state index contributed by atoms with van der Waals surface area (Å²) in [5.74, 6) is -0.769. The molecule has 7 heteroatoms. The number of para-hydroxylation sites is 1. The predicted octanol–water partition coefficient (Wildman–Crippen LogP) is 3.47. The maximum absolute atomic E-state index is 12.8. The van der Waals surface area contributed by atoms with Crippen LogP contribution < -0.4 is 10.6 Å². The van der Waals surface area contributed by atoms with Gasteiger partial charge >= 0.3 is 6.09 Å². The van der Waals surface area contributed by atoms with Crippen molar-refractivity contribution in [2.75, 3.05) is 31.6 Å². The highest BCUT2D eigenvalue weighted by Gasteiger charge is 2.29.